The number of piperidine rings is 1. The van der Waals surface area contributed by atoms with Gasteiger partial charge in [0.2, 0.25) is 0 Å². The zero-order valence-electron chi connectivity index (χ0n) is 15.6. The minimum Gasteiger partial charge on any atom is -0.444 e. The monoisotopic (exact) mass is 316 g/mol. The number of rotatable bonds is 0. The predicted octanol–water partition coefficient (Wildman–Crippen LogP) is 3.43. The van der Waals surface area contributed by atoms with Gasteiger partial charge >= 0.3 is 6.09 Å². The Balaban J connectivity index is 0.00000102. The molecule has 0 bridgehead atoms. The Morgan fingerprint density at radius 2 is 1.68 bits per heavy atom. The van der Waals surface area contributed by atoms with Crippen LogP contribution in [0.25, 0.3) is 0 Å². The van der Waals surface area contributed by atoms with Crippen LogP contribution in [0.15, 0.2) is 0 Å². The molecule has 1 N–H and O–H groups in total. The highest BCUT2D eigenvalue weighted by molar-refractivity contribution is 5.68. The number of carbonyl (C=O) groups is 1. The van der Waals surface area contributed by atoms with Crippen molar-refractivity contribution in [2.24, 2.45) is 0 Å². The summed E-state index contributed by atoms with van der Waals surface area (Å²) in [5.41, 5.74) is -0.480. The number of nitrogens with zero attached hydrogens (tertiary/aromatic N) is 1. The molecular weight excluding hydrogens is 280 g/mol. The van der Waals surface area contributed by atoms with Crippen LogP contribution in [-0.2, 0) is 9.47 Å². The molecule has 1 amide bonds. The molecule has 2 aliphatic heterocycles. The van der Waals surface area contributed by atoms with Crippen molar-refractivity contribution >= 4 is 6.09 Å². The van der Waals surface area contributed by atoms with Gasteiger partial charge in [-0.1, -0.05) is 27.7 Å². The number of nitrogens with one attached hydrogen (secondary N) is 1. The van der Waals surface area contributed by atoms with E-state index in [-0.39, 0.29) is 11.7 Å². The van der Waals surface area contributed by atoms with Crippen LogP contribution in [0, 0.1) is 0 Å². The third kappa shape index (κ3) is 6.97. The van der Waals surface area contributed by atoms with Gasteiger partial charge < -0.3 is 19.7 Å². The predicted molar refractivity (Wildman–Crippen MR) is 91.3 cm³/mol. The Morgan fingerprint density at radius 1 is 1.14 bits per heavy atom. The second-order valence-corrected chi connectivity index (χ2v) is 6.18. The molecule has 2 rings (SSSR count). The maximum absolute atomic E-state index is 11.9. The van der Waals surface area contributed by atoms with Gasteiger partial charge in [0, 0.05) is 26.2 Å². The Morgan fingerprint density at radius 3 is 2.09 bits per heavy atom. The van der Waals surface area contributed by atoms with Crippen molar-refractivity contribution in [3.63, 3.8) is 0 Å². The van der Waals surface area contributed by atoms with Crippen molar-refractivity contribution in [3.8, 4) is 0 Å². The molecule has 5 nitrogen and oxygen atoms in total. The van der Waals surface area contributed by atoms with E-state index < -0.39 is 5.60 Å². The smallest absolute Gasteiger partial charge is 0.410 e. The number of carbonyl (C=O) groups excluding carboxylic acids is 1. The van der Waals surface area contributed by atoms with Gasteiger partial charge in [-0.2, -0.15) is 0 Å². The molecule has 0 saturated carbocycles. The third-order valence-electron chi connectivity index (χ3n) is 3.46. The molecule has 1 spiro atoms. The maximum Gasteiger partial charge on any atom is 0.410 e. The average molecular weight is 316 g/mol. The Kier molecular flexibility index (Phi) is 9.69. The van der Waals surface area contributed by atoms with Gasteiger partial charge in [-0.05, 0) is 33.6 Å². The van der Waals surface area contributed by atoms with Gasteiger partial charge in [-0.15, -0.1) is 0 Å². The third-order valence-corrected chi connectivity index (χ3v) is 3.46. The minimum absolute atomic E-state index is 0.0588. The van der Waals surface area contributed by atoms with E-state index >= 15 is 0 Å². The van der Waals surface area contributed by atoms with Gasteiger partial charge in [0.15, 0.2) is 0 Å². The first-order valence-electron chi connectivity index (χ1n) is 8.73. The summed E-state index contributed by atoms with van der Waals surface area (Å²) in [7, 11) is 0. The summed E-state index contributed by atoms with van der Waals surface area (Å²) in [6, 6.07) is 0. The number of morpholine rings is 1. The molecule has 0 aromatic carbocycles. The zero-order chi connectivity index (χ0) is 17.2. The lowest BCUT2D eigenvalue weighted by molar-refractivity contribution is -0.0993. The van der Waals surface area contributed by atoms with Crippen LogP contribution in [0.1, 0.15) is 61.3 Å². The largest absolute Gasteiger partial charge is 0.444 e. The fourth-order valence-electron chi connectivity index (χ4n) is 2.45. The summed E-state index contributed by atoms with van der Waals surface area (Å²) < 4.78 is 11.3. The average Bonchev–Trinajstić information content (AvgIpc) is 2.51. The van der Waals surface area contributed by atoms with E-state index in [0.717, 1.165) is 45.6 Å². The Hall–Kier alpha value is -0.810. The summed E-state index contributed by atoms with van der Waals surface area (Å²) in [5, 5.41) is 3.37. The molecule has 5 heteroatoms. The molecule has 0 aromatic rings. The molecule has 132 valence electrons. The highest BCUT2D eigenvalue weighted by atomic mass is 16.6. The molecule has 22 heavy (non-hydrogen) atoms. The van der Waals surface area contributed by atoms with Crippen molar-refractivity contribution in [2.75, 3.05) is 32.8 Å². The Labute approximate surface area is 136 Å². The number of hydrogen-bond acceptors (Lipinski definition) is 4. The standard InChI is InChI=1S/C13H24N2O3.2C2H6/c1-12(2,3)18-11(16)15-7-4-13(5-8-15)10-14-6-9-17-13;2*1-2/h14H,4-10H2,1-3H3;2*1-2H3. The van der Waals surface area contributed by atoms with Crippen molar-refractivity contribution in [1.82, 2.24) is 10.2 Å². The summed E-state index contributed by atoms with van der Waals surface area (Å²) in [6.07, 6.45) is 1.57. The van der Waals surface area contributed by atoms with E-state index in [9.17, 15) is 4.79 Å². The van der Waals surface area contributed by atoms with Crippen LogP contribution in [0.4, 0.5) is 4.79 Å². The first-order chi connectivity index (χ1) is 10.4. The van der Waals surface area contributed by atoms with Crippen molar-refractivity contribution in [2.45, 2.75) is 72.5 Å². The van der Waals surface area contributed by atoms with E-state index in [1.807, 2.05) is 48.5 Å². The molecule has 0 aliphatic carbocycles. The molecule has 2 heterocycles. The number of hydrogen-bond donors (Lipinski definition) is 1. The van der Waals surface area contributed by atoms with Gasteiger partial charge in [0.1, 0.15) is 5.60 Å². The van der Waals surface area contributed by atoms with Gasteiger partial charge in [0.05, 0.1) is 12.2 Å². The number of amides is 1. The minimum atomic E-state index is -0.422. The first kappa shape index (κ1) is 21.2. The fourth-order valence-corrected chi connectivity index (χ4v) is 2.45. The summed E-state index contributed by atoms with van der Waals surface area (Å²) >= 11 is 0. The van der Waals surface area contributed by atoms with Crippen LogP contribution in [0.5, 0.6) is 0 Å². The normalized spacial score (nSPS) is 20.2. The van der Waals surface area contributed by atoms with Crippen LogP contribution >= 0.6 is 0 Å². The Bertz CT molecular complexity index is 298. The van der Waals surface area contributed by atoms with Crippen LogP contribution in [-0.4, -0.2) is 55.0 Å². The van der Waals surface area contributed by atoms with Crippen molar-refractivity contribution in [1.29, 1.82) is 0 Å². The van der Waals surface area contributed by atoms with Gasteiger partial charge in [-0.25, -0.2) is 4.79 Å². The molecule has 2 aliphatic rings. The lowest BCUT2D eigenvalue weighted by Gasteiger charge is -2.44. The number of likely N-dealkylation sites (tertiary alicyclic amines) is 1. The van der Waals surface area contributed by atoms with E-state index in [0.29, 0.717) is 0 Å². The highest BCUT2D eigenvalue weighted by Crippen LogP contribution is 2.28. The molecule has 0 unspecified atom stereocenters. The lowest BCUT2D eigenvalue weighted by atomic mass is 9.90. The molecule has 0 atom stereocenters. The molecule has 0 aromatic heterocycles. The second kappa shape index (κ2) is 10.1. The van der Waals surface area contributed by atoms with Crippen LogP contribution < -0.4 is 5.32 Å². The summed E-state index contributed by atoms with van der Waals surface area (Å²) in [5.74, 6) is 0. The summed E-state index contributed by atoms with van der Waals surface area (Å²) in [6.45, 7) is 17.7. The van der Waals surface area contributed by atoms with E-state index in [4.69, 9.17) is 9.47 Å². The summed E-state index contributed by atoms with van der Waals surface area (Å²) in [4.78, 5) is 13.7. The molecular formula is C17H36N2O3. The van der Waals surface area contributed by atoms with Gasteiger partial charge in [0.25, 0.3) is 0 Å². The van der Waals surface area contributed by atoms with Crippen LogP contribution in [0.2, 0.25) is 0 Å². The topological polar surface area (TPSA) is 50.8 Å². The number of ether oxygens (including phenoxy) is 2. The quantitative estimate of drug-likeness (QED) is 0.744. The van der Waals surface area contributed by atoms with E-state index in [2.05, 4.69) is 5.32 Å². The van der Waals surface area contributed by atoms with E-state index in [1.165, 1.54) is 0 Å². The lowest BCUT2D eigenvalue weighted by Crippen LogP contribution is -2.56. The van der Waals surface area contributed by atoms with E-state index in [1.54, 1.807) is 4.90 Å². The zero-order valence-corrected chi connectivity index (χ0v) is 15.6. The van der Waals surface area contributed by atoms with Crippen LogP contribution in [0.3, 0.4) is 0 Å². The van der Waals surface area contributed by atoms with Gasteiger partial charge in [-0.3, -0.25) is 0 Å². The fraction of sp³-hybridized carbons (Fsp3) is 0.941. The van der Waals surface area contributed by atoms with Crippen molar-refractivity contribution in [3.05, 3.63) is 0 Å². The molecule has 0 radical (unpaired) electrons. The second-order valence-electron chi connectivity index (χ2n) is 6.18. The first-order valence-corrected chi connectivity index (χ1v) is 8.73. The SMILES string of the molecule is CC.CC.CC(C)(C)OC(=O)N1CCC2(CC1)CNCCO2. The highest BCUT2D eigenvalue weighted by Gasteiger charge is 2.38. The van der Waals surface area contributed by atoms with Crippen molar-refractivity contribution < 1.29 is 14.3 Å². The molecule has 2 saturated heterocycles. The molecule has 2 fully saturated rings. The maximum atomic E-state index is 11.9.